The molecular formula is C21H34BO3Si. The van der Waals surface area contributed by atoms with Crippen molar-refractivity contribution >= 4 is 21.6 Å². The van der Waals surface area contributed by atoms with Crippen LogP contribution in [-0.4, -0.2) is 27.4 Å². The number of hydrogen-bond donors (Lipinski definition) is 0. The molecule has 1 aliphatic heterocycles. The molecule has 5 heteroatoms. The van der Waals surface area contributed by atoms with Crippen LogP contribution in [0.3, 0.4) is 0 Å². The van der Waals surface area contributed by atoms with Crippen molar-refractivity contribution < 1.29 is 13.7 Å². The molecule has 0 N–H and O–H groups in total. The van der Waals surface area contributed by atoms with Crippen molar-refractivity contribution in [2.24, 2.45) is 0 Å². The van der Waals surface area contributed by atoms with Crippen LogP contribution in [-0.2, 0) is 25.6 Å². The zero-order valence-electron chi connectivity index (χ0n) is 17.9. The average Bonchev–Trinajstić information content (AvgIpc) is 2.95. The predicted molar refractivity (Wildman–Crippen MR) is 110 cm³/mol. The van der Waals surface area contributed by atoms with Crippen LogP contribution in [0.15, 0.2) is 12.1 Å². The van der Waals surface area contributed by atoms with Gasteiger partial charge in [-0.3, -0.25) is 0 Å². The van der Waals surface area contributed by atoms with E-state index in [1.54, 1.807) is 0 Å². The predicted octanol–water partition coefficient (Wildman–Crippen LogP) is 4.54. The van der Waals surface area contributed by atoms with Crippen molar-refractivity contribution in [1.29, 1.82) is 0 Å². The maximum atomic E-state index is 6.47. The summed E-state index contributed by atoms with van der Waals surface area (Å²) in [5, 5.41) is 0. The Morgan fingerprint density at radius 1 is 1.08 bits per heavy atom. The molecule has 0 bridgehead atoms. The van der Waals surface area contributed by atoms with Crippen molar-refractivity contribution in [3.63, 3.8) is 0 Å². The Labute approximate surface area is 161 Å². The molecule has 2 aliphatic rings. The van der Waals surface area contributed by atoms with Crippen molar-refractivity contribution in [2.45, 2.75) is 97.1 Å². The monoisotopic (exact) mass is 373 g/mol. The van der Waals surface area contributed by atoms with Crippen LogP contribution < -0.4 is 5.46 Å². The minimum absolute atomic E-state index is 0.0391. The van der Waals surface area contributed by atoms with Crippen LogP contribution in [0.2, 0.25) is 13.1 Å². The van der Waals surface area contributed by atoms with Gasteiger partial charge in [0.25, 0.3) is 0 Å². The second-order valence-electron chi connectivity index (χ2n) is 9.99. The summed E-state index contributed by atoms with van der Waals surface area (Å²) < 4.78 is 19.2. The zero-order chi connectivity index (χ0) is 19.5. The van der Waals surface area contributed by atoms with Crippen molar-refractivity contribution in [1.82, 2.24) is 0 Å². The maximum absolute atomic E-state index is 6.47. The fourth-order valence-corrected chi connectivity index (χ4v) is 4.80. The highest BCUT2D eigenvalue weighted by Crippen LogP contribution is 2.41. The topological polar surface area (TPSA) is 27.7 Å². The molecule has 1 aromatic rings. The van der Waals surface area contributed by atoms with Gasteiger partial charge in [0, 0.05) is 0 Å². The molecule has 1 saturated heterocycles. The van der Waals surface area contributed by atoms with Gasteiger partial charge < -0.3 is 13.7 Å². The summed E-state index contributed by atoms with van der Waals surface area (Å²) in [6.07, 6.45) is 2.33. The van der Waals surface area contributed by atoms with E-state index >= 15 is 0 Å². The van der Waals surface area contributed by atoms with E-state index in [1.807, 2.05) is 0 Å². The van der Waals surface area contributed by atoms with E-state index in [0.717, 1.165) is 12.8 Å². The van der Waals surface area contributed by atoms with Gasteiger partial charge in [-0.05, 0) is 81.2 Å². The first kappa shape index (κ1) is 20.1. The third kappa shape index (κ3) is 3.44. The SMILES string of the molecule is C[Si](C)OC1CCc2c1ccc(C(C)(C)C)c2B1OC(C)(C)C(C)(C)O1. The third-order valence-electron chi connectivity index (χ3n) is 6.07. The minimum Gasteiger partial charge on any atom is -0.410 e. The Hall–Kier alpha value is -0.618. The lowest BCUT2D eigenvalue weighted by molar-refractivity contribution is 0.00578. The second kappa shape index (κ2) is 6.47. The number of benzene rings is 1. The highest BCUT2D eigenvalue weighted by molar-refractivity contribution is 6.63. The summed E-state index contributed by atoms with van der Waals surface area (Å²) in [4.78, 5) is 0. The summed E-state index contributed by atoms with van der Waals surface area (Å²) >= 11 is 0. The van der Waals surface area contributed by atoms with E-state index in [2.05, 4.69) is 73.7 Å². The van der Waals surface area contributed by atoms with Crippen LogP contribution in [0.25, 0.3) is 0 Å². The summed E-state index contributed by atoms with van der Waals surface area (Å²) in [6, 6.07) is 4.56. The van der Waals surface area contributed by atoms with Gasteiger partial charge in [0.1, 0.15) is 0 Å². The highest BCUT2D eigenvalue weighted by Gasteiger charge is 2.53. The molecule has 26 heavy (non-hydrogen) atoms. The lowest BCUT2D eigenvalue weighted by Gasteiger charge is -2.32. The van der Waals surface area contributed by atoms with Crippen LogP contribution in [0, 0.1) is 0 Å². The quantitative estimate of drug-likeness (QED) is 0.728. The van der Waals surface area contributed by atoms with Gasteiger partial charge in [-0.25, -0.2) is 0 Å². The lowest BCUT2D eigenvalue weighted by Crippen LogP contribution is -2.42. The van der Waals surface area contributed by atoms with Crippen molar-refractivity contribution in [2.75, 3.05) is 0 Å². The van der Waals surface area contributed by atoms with E-state index in [9.17, 15) is 0 Å². The van der Waals surface area contributed by atoms with E-state index in [1.165, 1.54) is 22.2 Å². The average molecular weight is 373 g/mol. The lowest BCUT2D eigenvalue weighted by atomic mass is 9.66. The molecule has 1 heterocycles. The molecule has 0 saturated carbocycles. The Morgan fingerprint density at radius 3 is 2.15 bits per heavy atom. The molecule has 0 spiro atoms. The largest absolute Gasteiger partial charge is 0.495 e. The van der Waals surface area contributed by atoms with E-state index in [0.29, 0.717) is 0 Å². The number of rotatable bonds is 3. The molecule has 1 radical (unpaired) electrons. The van der Waals surface area contributed by atoms with Crippen molar-refractivity contribution in [3.8, 4) is 0 Å². The van der Waals surface area contributed by atoms with Gasteiger partial charge in [0.15, 0.2) is 0 Å². The van der Waals surface area contributed by atoms with Gasteiger partial charge in [-0.1, -0.05) is 32.9 Å². The van der Waals surface area contributed by atoms with E-state index < -0.39 is 9.04 Å². The fourth-order valence-electron chi connectivity index (χ4n) is 3.98. The van der Waals surface area contributed by atoms with Crippen LogP contribution in [0.4, 0.5) is 0 Å². The molecule has 1 aliphatic carbocycles. The minimum atomic E-state index is -0.728. The van der Waals surface area contributed by atoms with Gasteiger partial charge >= 0.3 is 7.12 Å². The Balaban J connectivity index is 2.10. The number of fused-ring (bicyclic) bond motifs is 1. The van der Waals surface area contributed by atoms with Crippen LogP contribution in [0.1, 0.15) is 77.7 Å². The molecule has 3 rings (SSSR count). The smallest absolute Gasteiger partial charge is 0.410 e. The molecule has 1 atom stereocenters. The summed E-state index contributed by atoms with van der Waals surface area (Å²) in [7, 11) is -1.04. The molecular weight excluding hydrogens is 339 g/mol. The second-order valence-corrected chi connectivity index (χ2v) is 12.0. The fraction of sp³-hybridized carbons (Fsp3) is 0.714. The normalized spacial score (nSPS) is 24.4. The Morgan fingerprint density at radius 2 is 1.65 bits per heavy atom. The Kier molecular flexibility index (Phi) is 5.01. The van der Waals surface area contributed by atoms with Gasteiger partial charge in [-0.15, -0.1) is 0 Å². The maximum Gasteiger partial charge on any atom is 0.495 e. The first-order chi connectivity index (χ1) is 11.8. The molecule has 0 amide bonds. The van der Waals surface area contributed by atoms with Crippen LogP contribution in [0.5, 0.6) is 0 Å². The first-order valence-electron chi connectivity index (χ1n) is 9.82. The summed E-state index contributed by atoms with van der Waals surface area (Å²) in [5.74, 6) is 0. The molecule has 1 fully saturated rings. The van der Waals surface area contributed by atoms with E-state index in [-0.39, 0.29) is 29.8 Å². The first-order valence-corrected chi connectivity index (χ1v) is 12.2. The molecule has 1 unspecified atom stereocenters. The molecule has 3 nitrogen and oxygen atoms in total. The van der Waals surface area contributed by atoms with E-state index in [4.69, 9.17) is 13.7 Å². The van der Waals surface area contributed by atoms with Gasteiger partial charge in [0.2, 0.25) is 9.04 Å². The standard InChI is InChI=1S/C21H34BO3Si/c1-19(2,3)16-12-10-14-15(11-13-17(14)23-26(8)9)18(16)22-24-20(4,5)21(6,7)25-22/h10,12,17H,11,13H2,1-9H3. The zero-order valence-corrected chi connectivity index (χ0v) is 18.9. The molecule has 143 valence electrons. The van der Waals surface area contributed by atoms with Crippen LogP contribution >= 0.6 is 0 Å². The third-order valence-corrected chi connectivity index (χ3v) is 6.83. The van der Waals surface area contributed by atoms with Gasteiger partial charge in [-0.2, -0.15) is 0 Å². The Bertz CT molecular complexity index is 675. The number of hydrogen-bond acceptors (Lipinski definition) is 3. The molecule has 1 aromatic carbocycles. The molecule has 0 aromatic heterocycles. The summed E-state index contributed by atoms with van der Waals surface area (Å²) in [5.41, 5.74) is 4.70. The highest BCUT2D eigenvalue weighted by atomic mass is 28.3. The van der Waals surface area contributed by atoms with Crippen molar-refractivity contribution in [3.05, 3.63) is 28.8 Å². The van der Waals surface area contributed by atoms with Gasteiger partial charge in [0.05, 0.1) is 17.3 Å². The summed E-state index contributed by atoms with van der Waals surface area (Å²) in [6.45, 7) is 19.7.